The zero-order chi connectivity index (χ0) is 22.5. The van der Waals surface area contributed by atoms with E-state index in [1.54, 1.807) is 16.2 Å². The van der Waals surface area contributed by atoms with Crippen molar-refractivity contribution >= 4 is 5.91 Å². The van der Waals surface area contributed by atoms with Gasteiger partial charge in [-0.25, -0.2) is 9.48 Å². The largest absolute Gasteiger partial charge is 0.481 e. The normalized spacial score (nSPS) is 15.5. The molecule has 0 spiro atoms. The molecule has 1 fully saturated rings. The zero-order valence-corrected chi connectivity index (χ0v) is 18.7. The van der Waals surface area contributed by atoms with Crippen molar-refractivity contribution in [1.29, 1.82) is 0 Å². The number of nitrogens with zero attached hydrogens (tertiary/aromatic N) is 4. The molecule has 1 amide bonds. The molecule has 1 aliphatic rings. The molecule has 0 saturated carbocycles. The van der Waals surface area contributed by atoms with Gasteiger partial charge in [-0.2, -0.15) is 5.10 Å². The summed E-state index contributed by atoms with van der Waals surface area (Å²) in [5, 5.41) is 4.70. The average Bonchev–Trinajstić information content (AvgIpc) is 3.15. The van der Waals surface area contributed by atoms with Crippen LogP contribution >= 0.6 is 0 Å². The van der Waals surface area contributed by atoms with Gasteiger partial charge in [-0.3, -0.25) is 9.36 Å². The van der Waals surface area contributed by atoms with Crippen molar-refractivity contribution in [2.24, 2.45) is 0 Å². The molecule has 1 atom stereocenters. The van der Waals surface area contributed by atoms with Crippen LogP contribution in [0.2, 0.25) is 0 Å². The maximum atomic E-state index is 12.9. The van der Waals surface area contributed by atoms with Crippen LogP contribution in [0.15, 0.2) is 65.5 Å². The number of para-hydroxylation sites is 1. The van der Waals surface area contributed by atoms with Gasteiger partial charge in [0, 0.05) is 25.6 Å². The highest BCUT2D eigenvalue weighted by Crippen LogP contribution is 2.27. The number of amides is 1. The molecule has 1 saturated heterocycles. The molecule has 0 bridgehead atoms. The molecule has 168 valence electrons. The average molecular weight is 435 g/mol. The van der Waals surface area contributed by atoms with E-state index in [2.05, 4.69) is 0 Å². The van der Waals surface area contributed by atoms with Gasteiger partial charge in [0.2, 0.25) is 0 Å². The molecule has 1 unspecified atom stereocenters. The lowest BCUT2D eigenvalue weighted by Gasteiger charge is -2.33. The number of rotatable bonds is 7. The number of benzene rings is 2. The van der Waals surface area contributed by atoms with Crippen molar-refractivity contribution in [2.45, 2.75) is 51.8 Å². The molecule has 2 heterocycles. The molecule has 2 aromatic carbocycles. The highest BCUT2D eigenvalue weighted by molar-refractivity contribution is 5.81. The monoisotopic (exact) mass is 434 g/mol. The zero-order valence-electron chi connectivity index (χ0n) is 18.7. The van der Waals surface area contributed by atoms with Crippen molar-refractivity contribution in [2.75, 3.05) is 13.1 Å². The molecule has 1 aliphatic heterocycles. The highest BCUT2D eigenvalue weighted by atomic mass is 16.5. The lowest BCUT2D eigenvalue weighted by molar-refractivity contribution is -0.139. The summed E-state index contributed by atoms with van der Waals surface area (Å²) in [7, 11) is 0. The van der Waals surface area contributed by atoms with Crippen LogP contribution in [0.5, 0.6) is 5.75 Å². The van der Waals surface area contributed by atoms with E-state index in [0.29, 0.717) is 31.9 Å². The smallest absolute Gasteiger partial charge is 0.346 e. The Balaban J connectivity index is 1.41. The van der Waals surface area contributed by atoms with Gasteiger partial charge < -0.3 is 9.64 Å². The standard InChI is InChI=1S/C25H30N4O3/c1-3-28-23(26-29(25(28)31)18-20-10-6-4-7-11-20)21-14-16-27(17-15-21)24(30)19(2)32-22-12-8-5-9-13-22/h4-13,19,21H,3,14-18H2,1-2H3. The van der Waals surface area contributed by atoms with E-state index in [-0.39, 0.29) is 17.5 Å². The van der Waals surface area contributed by atoms with Gasteiger partial charge in [0.25, 0.3) is 5.91 Å². The molecular weight excluding hydrogens is 404 g/mol. The van der Waals surface area contributed by atoms with Crippen LogP contribution in [-0.4, -0.2) is 44.3 Å². The fourth-order valence-corrected chi connectivity index (χ4v) is 4.29. The Morgan fingerprint density at radius 3 is 2.31 bits per heavy atom. The van der Waals surface area contributed by atoms with Crippen LogP contribution in [0.1, 0.15) is 44.0 Å². The number of hydrogen-bond donors (Lipinski definition) is 0. The Morgan fingerprint density at radius 1 is 1.06 bits per heavy atom. The topological polar surface area (TPSA) is 69.4 Å². The number of ether oxygens (including phenoxy) is 1. The summed E-state index contributed by atoms with van der Waals surface area (Å²) in [5.41, 5.74) is 0.976. The van der Waals surface area contributed by atoms with Gasteiger partial charge in [-0.15, -0.1) is 0 Å². The number of carbonyl (C=O) groups excluding carboxylic acids is 1. The summed E-state index contributed by atoms with van der Waals surface area (Å²) in [4.78, 5) is 27.6. The quantitative estimate of drug-likeness (QED) is 0.572. The number of aromatic nitrogens is 3. The summed E-state index contributed by atoms with van der Waals surface area (Å²) in [6, 6.07) is 19.3. The lowest BCUT2D eigenvalue weighted by Crippen LogP contribution is -2.44. The highest BCUT2D eigenvalue weighted by Gasteiger charge is 2.30. The van der Waals surface area contributed by atoms with Crippen LogP contribution < -0.4 is 10.4 Å². The molecular formula is C25H30N4O3. The van der Waals surface area contributed by atoms with Crippen molar-refractivity contribution < 1.29 is 9.53 Å². The van der Waals surface area contributed by atoms with Gasteiger partial charge in [0.15, 0.2) is 6.10 Å². The summed E-state index contributed by atoms with van der Waals surface area (Å²) in [6.45, 7) is 6.09. The third-order valence-electron chi connectivity index (χ3n) is 6.02. The van der Waals surface area contributed by atoms with Crippen LogP contribution in [-0.2, 0) is 17.9 Å². The van der Waals surface area contributed by atoms with Crippen molar-refractivity contribution in [3.8, 4) is 5.75 Å². The second-order valence-electron chi connectivity index (χ2n) is 8.20. The number of likely N-dealkylation sites (tertiary alicyclic amines) is 1. The van der Waals surface area contributed by atoms with Crippen molar-refractivity contribution in [3.63, 3.8) is 0 Å². The number of hydrogen-bond acceptors (Lipinski definition) is 4. The Labute approximate surface area is 188 Å². The van der Waals surface area contributed by atoms with Gasteiger partial charge >= 0.3 is 5.69 Å². The molecule has 0 N–H and O–H groups in total. The van der Waals surface area contributed by atoms with E-state index < -0.39 is 6.10 Å². The Bertz CT molecular complexity index is 1080. The predicted molar refractivity (Wildman–Crippen MR) is 123 cm³/mol. The molecule has 7 nitrogen and oxygen atoms in total. The second-order valence-corrected chi connectivity index (χ2v) is 8.20. The third-order valence-corrected chi connectivity index (χ3v) is 6.02. The maximum absolute atomic E-state index is 12.9. The SMILES string of the molecule is CCn1c(C2CCN(C(=O)C(C)Oc3ccccc3)CC2)nn(Cc2ccccc2)c1=O. The molecule has 0 radical (unpaired) electrons. The summed E-state index contributed by atoms with van der Waals surface area (Å²) < 4.78 is 9.13. The molecule has 0 aliphatic carbocycles. The molecule has 7 heteroatoms. The number of carbonyl (C=O) groups is 1. The van der Waals surface area contributed by atoms with E-state index in [9.17, 15) is 9.59 Å². The first-order chi connectivity index (χ1) is 15.6. The predicted octanol–water partition coefficient (Wildman–Crippen LogP) is 3.29. The van der Waals surface area contributed by atoms with Gasteiger partial charge in [-0.05, 0) is 44.4 Å². The van der Waals surface area contributed by atoms with Crippen molar-refractivity contribution in [3.05, 3.63) is 82.5 Å². The van der Waals surface area contributed by atoms with Gasteiger partial charge in [0.1, 0.15) is 11.6 Å². The third kappa shape index (κ3) is 4.77. The fourth-order valence-electron chi connectivity index (χ4n) is 4.29. The fraction of sp³-hybridized carbons (Fsp3) is 0.400. The van der Waals surface area contributed by atoms with E-state index in [0.717, 1.165) is 24.2 Å². The first kappa shape index (κ1) is 21.9. The molecule has 1 aromatic heterocycles. The minimum absolute atomic E-state index is 0.00482. The Kier molecular flexibility index (Phi) is 6.73. The first-order valence-electron chi connectivity index (χ1n) is 11.3. The van der Waals surface area contributed by atoms with E-state index >= 15 is 0 Å². The maximum Gasteiger partial charge on any atom is 0.346 e. The molecule has 32 heavy (non-hydrogen) atoms. The molecule has 4 rings (SSSR count). The first-order valence-corrected chi connectivity index (χ1v) is 11.3. The van der Waals surface area contributed by atoms with Crippen LogP contribution in [0.3, 0.4) is 0 Å². The van der Waals surface area contributed by atoms with Crippen LogP contribution in [0.4, 0.5) is 0 Å². The lowest BCUT2D eigenvalue weighted by atomic mass is 9.95. The van der Waals surface area contributed by atoms with Crippen LogP contribution in [0.25, 0.3) is 0 Å². The minimum atomic E-state index is -0.534. The summed E-state index contributed by atoms with van der Waals surface area (Å²) in [5.74, 6) is 1.68. The van der Waals surface area contributed by atoms with E-state index in [1.807, 2.05) is 72.5 Å². The van der Waals surface area contributed by atoms with Gasteiger partial charge in [-0.1, -0.05) is 48.5 Å². The second kappa shape index (κ2) is 9.85. The summed E-state index contributed by atoms with van der Waals surface area (Å²) in [6.07, 6.45) is 1.03. The molecule has 3 aromatic rings. The van der Waals surface area contributed by atoms with E-state index in [1.165, 1.54) is 0 Å². The number of piperidine rings is 1. The minimum Gasteiger partial charge on any atom is -0.481 e. The Hall–Kier alpha value is -3.35. The van der Waals surface area contributed by atoms with Gasteiger partial charge in [0.05, 0.1) is 6.54 Å². The van der Waals surface area contributed by atoms with Crippen molar-refractivity contribution in [1.82, 2.24) is 19.2 Å². The Morgan fingerprint density at radius 2 is 1.69 bits per heavy atom. The summed E-state index contributed by atoms with van der Waals surface area (Å²) >= 11 is 0. The van der Waals surface area contributed by atoms with E-state index in [4.69, 9.17) is 9.84 Å². The van der Waals surface area contributed by atoms with Crippen LogP contribution in [0, 0.1) is 0 Å².